The maximum atomic E-state index is 11.7. The van der Waals surface area contributed by atoms with Gasteiger partial charge in [-0.1, -0.05) is 112 Å². The predicted molar refractivity (Wildman–Crippen MR) is 305 cm³/mol. The summed E-state index contributed by atoms with van der Waals surface area (Å²) in [5.74, 6) is 11.6. The van der Waals surface area contributed by atoms with Gasteiger partial charge in [-0.15, -0.1) is 0 Å². The van der Waals surface area contributed by atoms with Gasteiger partial charge in [-0.25, -0.2) is 0 Å². The summed E-state index contributed by atoms with van der Waals surface area (Å²) in [6.07, 6.45) is 13.1. The number of carbonyl (C=O) groups excluding carboxylic acids is 1. The normalized spacial score (nSPS) is 14.9. The topological polar surface area (TPSA) is 148 Å². The third kappa shape index (κ3) is 13.6. The molecule has 4 heterocycles. The number of hydrogen-bond donors (Lipinski definition) is 3. The van der Waals surface area contributed by atoms with Gasteiger partial charge in [0.25, 0.3) is 0 Å². The number of rotatable bonds is 14. The van der Waals surface area contributed by atoms with E-state index >= 15 is 0 Å². The van der Waals surface area contributed by atoms with Crippen molar-refractivity contribution in [3.8, 4) is 45.9 Å². The van der Waals surface area contributed by atoms with Crippen LogP contribution >= 0.6 is 0 Å². The lowest BCUT2D eigenvalue weighted by Gasteiger charge is -2.34. The maximum absolute atomic E-state index is 11.7. The van der Waals surface area contributed by atoms with E-state index in [0.717, 1.165) is 81.3 Å². The minimum atomic E-state index is -0.970. The summed E-state index contributed by atoms with van der Waals surface area (Å²) in [6, 6.07) is 30.3. The van der Waals surface area contributed by atoms with E-state index in [9.17, 15) is 19.8 Å². The highest BCUT2D eigenvalue weighted by Gasteiger charge is 2.34. The molecule has 402 valence electrons. The molecule has 2 aliphatic heterocycles. The quantitative estimate of drug-likeness (QED) is 0.0711. The van der Waals surface area contributed by atoms with Gasteiger partial charge in [0, 0.05) is 83.6 Å². The lowest BCUT2D eigenvalue weighted by molar-refractivity contribution is -0.140. The number of aliphatic carboxylic acids is 1. The average Bonchev–Trinajstić information content (AvgIpc) is 3.42. The molecule has 2 aliphatic rings. The van der Waals surface area contributed by atoms with Gasteiger partial charge in [-0.2, -0.15) is 0 Å². The van der Waals surface area contributed by atoms with Crippen LogP contribution in [0.15, 0.2) is 110 Å². The van der Waals surface area contributed by atoms with Crippen LogP contribution in [0.3, 0.4) is 0 Å². The molecule has 0 saturated carbocycles. The van der Waals surface area contributed by atoms with Gasteiger partial charge in [-0.3, -0.25) is 19.6 Å². The van der Waals surface area contributed by atoms with Crippen LogP contribution in [0.5, 0.6) is 0 Å². The Balaban J connectivity index is 0.000000224. The highest BCUT2D eigenvalue weighted by Crippen LogP contribution is 2.43. The van der Waals surface area contributed by atoms with Crippen molar-refractivity contribution in [2.24, 2.45) is 0 Å². The molecule has 2 fully saturated rings. The number of carboxylic acid groups (broad SMARTS) is 1. The Morgan fingerprint density at radius 3 is 1.25 bits per heavy atom. The minimum absolute atomic E-state index is 0.0415. The number of carboxylic acids is 1. The molecule has 6 aromatic rings. The first-order valence-electron chi connectivity index (χ1n) is 27.2. The van der Waals surface area contributed by atoms with Crippen LogP contribution in [-0.2, 0) is 47.5 Å². The van der Waals surface area contributed by atoms with Gasteiger partial charge in [0.05, 0.1) is 46.4 Å². The predicted octanol–water partition coefficient (Wildman–Crippen LogP) is 12.1. The summed E-state index contributed by atoms with van der Waals surface area (Å²) >= 11 is 0. The van der Waals surface area contributed by atoms with Crippen molar-refractivity contribution < 1.29 is 39.1 Å². The fraction of sp³-hybridized carbons (Fsp3) is 0.403. The third-order valence-corrected chi connectivity index (χ3v) is 16.2. The van der Waals surface area contributed by atoms with Gasteiger partial charge in [0.15, 0.2) is 0 Å². The molecule has 0 spiro atoms. The standard InChI is InChI=1S/C34H39NO4.C33H37NO4/c1-6-34(7-2,29-9-8-27(24(3)18-29)12-13-33(37)14-16-39-17-15-33)30-10-11-31(25(4)19-30)28-20-26(22-35-23-28)21-32(36)38-5;1-5-33(6-2,28-8-7-26(23(3)17-28)11-12-32(37)13-15-38-16-14-32)29-9-10-30(24(4)18-29)27-19-25(20-31(35)36)21-34-22-27/h8-11,18-20,22-23,37H,6-7,14-17,21H2,1-5H3;7-10,17-19,21-22,37H,5-6,13-16,20H2,1-4H3,(H,35,36). The number of methoxy groups -OCH3 is 1. The number of ether oxygens (including phenoxy) is 3. The van der Waals surface area contributed by atoms with Crippen molar-refractivity contribution in [1.29, 1.82) is 0 Å². The van der Waals surface area contributed by atoms with Gasteiger partial charge < -0.3 is 29.5 Å². The Bertz CT molecular complexity index is 3190. The van der Waals surface area contributed by atoms with Crippen LogP contribution < -0.4 is 0 Å². The monoisotopic (exact) mass is 1040 g/mol. The van der Waals surface area contributed by atoms with Crippen LogP contribution in [0.25, 0.3) is 22.3 Å². The van der Waals surface area contributed by atoms with Crippen molar-refractivity contribution in [1.82, 2.24) is 9.97 Å². The first-order chi connectivity index (χ1) is 36.9. The van der Waals surface area contributed by atoms with Crippen LogP contribution in [0.1, 0.15) is 146 Å². The van der Waals surface area contributed by atoms with Crippen LogP contribution in [0.4, 0.5) is 0 Å². The molecule has 2 aromatic heterocycles. The summed E-state index contributed by atoms with van der Waals surface area (Å²) in [5, 5.41) is 30.6. The molecule has 0 atom stereocenters. The number of hydrogen-bond acceptors (Lipinski definition) is 9. The molecule has 77 heavy (non-hydrogen) atoms. The summed E-state index contributed by atoms with van der Waals surface area (Å²) in [7, 11) is 1.40. The fourth-order valence-electron chi connectivity index (χ4n) is 11.2. The Labute approximate surface area is 456 Å². The van der Waals surface area contributed by atoms with Crippen LogP contribution in [0.2, 0.25) is 0 Å². The fourth-order valence-corrected chi connectivity index (χ4v) is 11.2. The molecule has 0 radical (unpaired) electrons. The second-order valence-corrected chi connectivity index (χ2v) is 21.0. The Kier molecular flexibility index (Phi) is 19.1. The second kappa shape index (κ2) is 25.5. The van der Waals surface area contributed by atoms with Crippen molar-refractivity contribution in [3.05, 3.63) is 176 Å². The van der Waals surface area contributed by atoms with Gasteiger partial charge in [0.2, 0.25) is 0 Å². The third-order valence-electron chi connectivity index (χ3n) is 16.2. The van der Waals surface area contributed by atoms with Crippen molar-refractivity contribution in [2.75, 3.05) is 33.5 Å². The largest absolute Gasteiger partial charge is 0.481 e. The number of pyridine rings is 2. The van der Waals surface area contributed by atoms with E-state index < -0.39 is 17.2 Å². The lowest BCUT2D eigenvalue weighted by Crippen LogP contribution is -2.34. The second-order valence-electron chi connectivity index (χ2n) is 21.0. The maximum Gasteiger partial charge on any atom is 0.310 e. The van der Waals surface area contributed by atoms with Gasteiger partial charge >= 0.3 is 11.9 Å². The number of aryl methyl sites for hydroxylation is 4. The molecule has 0 bridgehead atoms. The van der Waals surface area contributed by atoms with E-state index in [1.807, 2.05) is 18.3 Å². The summed E-state index contributed by atoms with van der Waals surface area (Å²) in [5.41, 5.74) is 14.9. The smallest absolute Gasteiger partial charge is 0.310 e. The number of aromatic nitrogens is 2. The van der Waals surface area contributed by atoms with E-state index in [4.69, 9.17) is 19.3 Å². The Morgan fingerprint density at radius 1 is 0.545 bits per heavy atom. The first kappa shape index (κ1) is 57.8. The molecule has 4 aromatic carbocycles. The summed E-state index contributed by atoms with van der Waals surface area (Å²) in [4.78, 5) is 31.5. The number of aliphatic hydroxyl groups is 2. The SMILES string of the molecule is CCC(CC)(c1ccc(C#CC2(O)CCOCC2)c(C)c1)c1ccc(-c2cncc(CC(=O)O)c2)c(C)c1.CCC(CC)(c1ccc(C#CC2(O)CCOCC2)c(C)c1)c1ccc(-c2cncc(CC(=O)OC)c2)c(C)c1. The van der Waals surface area contributed by atoms with E-state index in [0.29, 0.717) is 57.7 Å². The highest BCUT2D eigenvalue weighted by atomic mass is 16.5. The molecule has 3 N–H and O–H groups in total. The molecule has 10 nitrogen and oxygen atoms in total. The van der Waals surface area contributed by atoms with E-state index in [-0.39, 0.29) is 29.6 Å². The molecule has 10 heteroatoms. The summed E-state index contributed by atoms with van der Waals surface area (Å²) < 4.78 is 15.6. The number of carbonyl (C=O) groups is 2. The van der Waals surface area contributed by atoms with Crippen molar-refractivity contribution in [2.45, 2.75) is 142 Å². The lowest BCUT2D eigenvalue weighted by atomic mass is 9.69. The summed E-state index contributed by atoms with van der Waals surface area (Å²) in [6.45, 7) is 19.6. The highest BCUT2D eigenvalue weighted by molar-refractivity contribution is 5.75. The molecular formula is C67H76N2O8. The first-order valence-corrected chi connectivity index (χ1v) is 27.2. The number of esters is 1. The van der Waals surface area contributed by atoms with Gasteiger partial charge in [0.1, 0.15) is 11.2 Å². The molecule has 0 amide bonds. The number of nitrogens with zero attached hydrogens (tertiary/aromatic N) is 2. The minimum Gasteiger partial charge on any atom is -0.481 e. The number of benzene rings is 4. The Hall–Kier alpha value is -6.92. The molecule has 8 rings (SSSR count). The van der Waals surface area contributed by atoms with Gasteiger partial charge in [-0.05, 0) is 144 Å². The van der Waals surface area contributed by atoms with Crippen molar-refractivity contribution >= 4 is 11.9 Å². The van der Waals surface area contributed by atoms with E-state index in [1.165, 1.54) is 34.9 Å². The van der Waals surface area contributed by atoms with Crippen LogP contribution in [0, 0.1) is 51.4 Å². The average molecular weight is 1040 g/mol. The molecule has 0 aliphatic carbocycles. The zero-order valence-corrected chi connectivity index (χ0v) is 46.6. The zero-order chi connectivity index (χ0) is 55.4. The Morgan fingerprint density at radius 2 is 0.909 bits per heavy atom. The molecule has 0 unspecified atom stereocenters. The molecular weight excluding hydrogens is 961 g/mol. The van der Waals surface area contributed by atoms with E-state index in [2.05, 4.69) is 162 Å². The van der Waals surface area contributed by atoms with E-state index in [1.54, 1.807) is 18.6 Å². The van der Waals surface area contributed by atoms with Crippen LogP contribution in [-0.4, -0.2) is 82.0 Å². The van der Waals surface area contributed by atoms with Crippen molar-refractivity contribution in [3.63, 3.8) is 0 Å². The molecule has 2 saturated heterocycles. The zero-order valence-electron chi connectivity index (χ0n) is 46.6.